The smallest absolute Gasteiger partial charge is 0.244 e. The van der Waals surface area contributed by atoms with E-state index in [1.54, 1.807) is 13.0 Å². The molecule has 2 aromatic rings. The number of hydrogen-bond donors (Lipinski definition) is 1. The number of benzene rings is 1. The first kappa shape index (κ1) is 21.4. The third-order valence-electron chi connectivity index (χ3n) is 4.00. The van der Waals surface area contributed by atoms with E-state index in [9.17, 15) is 13.2 Å². The van der Waals surface area contributed by atoms with Crippen molar-refractivity contribution in [1.82, 2.24) is 9.29 Å². The molecule has 1 aromatic carbocycles. The zero-order valence-corrected chi connectivity index (χ0v) is 17.8. The highest BCUT2D eigenvalue weighted by molar-refractivity contribution is 8.00. The van der Waals surface area contributed by atoms with Gasteiger partial charge in [0, 0.05) is 26.0 Å². The van der Waals surface area contributed by atoms with Gasteiger partial charge in [0.2, 0.25) is 15.9 Å². The number of hydrogen-bond acceptors (Lipinski definition) is 5. The maximum absolute atomic E-state index is 12.4. The molecule has 0 fully saturated rings. The van der Waals surface area contributed by atoms with Gasteiger partial charge in [-0.3, -0.25) is 4.79 Å². The van der Waals surface area contributed by atoms with E-state index in [-0.39, 0.29) is 16.1 Å². The van der Waals surface area contributed by atoms with Crippen LogP contribution in [0.1, 0.15) is 32.3 Å². The highest BCUT2D eigenvalue weighted by Crippen LogP contribution is 2.24. The molecule has 0 spiro atoms. The summed E-state index contributed by atoms with van der Waals surface area (Å²) in [4.78, 5) is 16.7. The Morgan fingerprint density at radius 1 is 1.07 bits per heavy atom. The van der Waals surface area contributed by atoms with E-state index in [2.05, 4.69) is 24.1 Å². The Morgan fingerprint density at radius 2 is 1.70 bits per heavy atom. The summed E-state index contributed by atoms with van der Waals surface area (Å²) < 4.78 is 25.3. The molecular formula is C19H25N3O3S2. The molecule has 1 aromatic heterocycles. The molecule has 1 N–H and O–H groups in total. The number of carbonyl (C=O) groups excluding carboxylic acids is 1. The molecule has 0 aliphatic heterocycles. The average molecular weight is 408 g/mol. The van der Waals surface area contributed by atoms with Gasteiger partial charge in [-0.15, -0.1) is 0 Å². The van der Waals surface area contributed by atoms with Gasteiger partial charge in [-0.25, -0.2) is 17.7 Å². The van der Waals surface area contributed by atoms with Gasteiger partial charge in [-0.1, -0.05) is 37.7 Å². The number of pyridine rings is 1. The molecule has 0 saturated carbocycles. The molecule has 1 heterocycles. The van der Waals surface area contributed by atoms with Crippen molar-refractivity contribution in [2.75, 3.05) is 19.4 Å². The Morgan fingerprint density at radius 3 is 2.19 bits per heavy atom. The number of anilines is 1. The Hall–Kier alpha value is -1.90. The summed E-state index contributed by atoms with van der Waals surface area (Å²) in [6, 6.07) is 10.9. The van der Waals surface area contributed by atoms with Crippen LogP contribution < -0.4 is 5.32 Å². The predicted molar refractivity (Wildman–Crippen MR) is 110 cm³/mol. The quantitative estimate of drug-likeness (QED) is 0.710. The standard InChI is InChI=1S/C19H25N3O3S2/c1-13(2)15-6-8-16(9-7-15)21-19(23)14(3)26-18-11-10-17(12-20-18)27(24,25)22(4)5/h6-14H,1-5H3,(H,21,23). The van der Waals surface area contributed by atoms with Gasteiger partial charge in [0.25, 0.3) is 0 Å². The summed E-state index contributed by atoms with van der Waals surface area (Å²) in [7, 11) is -0.566. The van der Waals surface area contributed by atoms with Crippen molar-refractivity contribution in [1.29, 1.82) is 0 Å². The highest BCUT2D eigenvalue weighted by atomic mass is 32.2. The first-order valence-electron chi connectivity index (χ1n) is 8.57. The number of nitrogens with one attached hydrogen (secondary N) is 1. The minimum Gasteiger partial charge on any atom is -0.325 e. The van der Waals surface area contributed by atoms with E-state index in [1.807, 2.05) is 24.3 Å². The van der Waals surface area contributed by atoms with E-state index in [0.29, 0.717) is 10.9 Å². The Balaban J connectivity index is 1.99. The third kappa shape index (κ3) is 5.54. The Labute approximate surface area is 165 Å². The molecule has 0 aliphatic rings. The van der Waals surface area contributed by atoms with Crippen LogP contribution in [0.25, 0.3) is 0 Å². The van der Waals surface area contributed by atoms with E-state index >= 15 is 0 Å². The van der Waals surface area contributed by atoms with E-state index in [1.165, 1.54) is 43.7 Å². The topological polar surface area (TPSA) is 79.4 Å². The lowest BCUT2D eigenvalue weighted by molar-refractivity contribution is -0.115. The zero-order chi connectivity index (χ0) is 20.2. The third-order valence-corrected chi connectivity index (χ3v) is 6.85. The van der Waals surface area contributed by atoms with Gasteiger partial charge in [0.05, 0.1) is 10.3 Å². The summed E-state index contributed by atoms with van der Waals surface area (Å²) >= 11 is 1.28. The lowest BCUT2D eigenvalue weighted by atomic mass is 10.0. The molecule has 1 atom stereocenters. The highest BCUT2D eigenvalue weighted by Gasteiger charge is 2.19. The molecule has 0 saturated heterocycles. The van der Waals surface area contributed by atoms with Crippen molar-refractivity contribution in [3.05, 3.63) is 48.2 Å². The van der Waals surface area contributed by atoms with Gasteiger partial charge in [0.15, 0.2) is 0 Å². The number of amides is 1. The lowest BCUT2D eigenvalue weighted by Gasteiger charge is -2.13. The molecule has 2 rings (SSSR count). The van der Waals surface area contributed by atoms with Crippen LogP contribution in [-0.4, -0.2) is 43.0 Å². The maximum atomic E-state index is 12.4. The van der Waals surface area contributed by atoms with Crippen LogP contribution in [0.4, 0.5) is 5.69 Å². The van der Waals surface area contributed by atoms with Gasteiger partial charge in [0.1, 0.15) is 4.90 Å². The SMILES string of the molecule is CC(Sc1ccc(S(=O)(=O)N(C)C)cn1)C(=O)Nc1ccc(C(C)C)cc1. The van der Waals surface area contributed by atoms with Crippen molar-refractivity contribution in [2.24, 2.45) is 0 Å². The fraction of sp³-hybridized carbons (Fsp3) is 0.368. The van der Waals surface area contributed by atoms with E-state index < -0.39 is 10.0 Å². The van der Waals surface area contributed by atoms with Crippen molar-refractivity contribution in [3.8, 4) is 0 Å². The molecule has 0 radical (unpaired) electrons. The average Bonchev–Trinajstić information content (AvgIpc) is 2.62. The molecule has 146 valence electrons. The molecule has 1 amide bonds. The number of sulfonamides is 1. The fourth-order valence-electron chi connectivity index (χ4n) is 2.23. The van der Waals surface area contributed by atoms with Crippen LogP contribution in [0.3, 0.4) is 0 Å². The van der Waals surface area contributed by atoms with E-state index in [0.717, 1.165) is 9.99 Å². The number of thioether (sulfide) groups is 1. The normalized spacial score (nSPS) is 13.0. The monoisotopic (exact) mass is 407 g/mol. The second-order valence-corrected chi connectivity index (χ2v) is 10.2. The molecular weight excluding hydrogens is 382 g/mol. The van der Waals surface area contributed by atoms with Crippen LogP contribution in [-0.2, 0) is 14.8 Å². The van der Waals surface area contributed by atoms with Gasteiger partial charge < -0.3 is 5.32 Å². The first-order chi connectivity index (χ1) is 12.6. The van der Waals surface area contributed by atoms with Gasteiger partial charge in [-0.2, -0.15) is 0 Å². The second kappa shape index (κ2) is 8.86. The molecule has 0 aliphatic carbocycles. The number of aromatic nitrogens is 1. The molecule has 8 heteroatoms. The number of nitrogens with zero attached hydrogens (tertiary/aromatic N) is 2. The van der Waals surface area contributed by atoms with Crippen LogP contribution in [0.15, 0.2) is 52.5 Å². The lowest BCUT2D eigenvalue weighted by Crippen LogP contribution is -2.23. The largest absolute Gasteiger partial charge is 0.325 e. The minimum atomic E-state index is -3.51. The number of rotatable bonds is 7. The summed E-state index contributed by atoms with van der Waals surface area (Å²) in [6.45, 7) is 6.03. The zero-order valence-electron chi connectivity index (χ0n) is 16.1. The second-order valence-electron chi connectivity index (χ2n) is 6.65. The van der Waals surface area contributed by atoms with Crippen LogP contribution in [0.2, 0.25) is 0 Å². The number of carbonyl (C=O) groups is 1. The molecule has 6 nitrogen and oxygen atoms in total. The van der Waals surface area contributed by atoms with Gasteiger partial charge in [-0.05, 0) is 42.7 Å². The van der Waals surface area contributed by atoms with Crippen LogP contribution in [0.5, 0.6) is 0 Å². The van der Waals surface area contributed by atoms with Gasteiger partial charge >= 0.3 is 0 Å². The van der Waals surface area contributed by atoms with Crippen molar-refractivity contribution >= 4 is 33.4 Å². The van der Waals surface area contributed by atoms with Crippen molar-refractivity contribution in [3.63, 3.8) is 0 Å². The van der Waals surface area contributed by atoms with Crippen LogP contribution >= 0.6 is 11.8 Å². The predicted octanol–water partition coefficient (Wildman–Crippen LogP) is 3.57. The maximum Gasteiger partial charge on any atom is 0.244 e. The van der Waals surface area contributed by atoms with Crippen molar-refractivity contribution < 1.29 is 13.2 Å². The molecule has 1 unspecified atom stereocenters. The van der Waals surface area contributed by atoms with E-state index in [4.69, 9.17) is 0 Å². The van der Waals surface area contributed by atoms with Crippen molar-refractivity contribution in [2.45, 2.75) is 41.9 Å². The molecule has 0 bridgehead atoms. The summed E-state index contributed by atoms with van der Waals surface area (Å²) in [5.74, 6) is 0.304. The molecule has 27 heavy (non-hydrogen) atoms. The summed E-state index contributed by atoms with van der Waals surface area (Å²) in [6.07, 6.45) is 1.31. The first-order valence-corrected chi connectivity index (χ1v) is 10.9. The van der Waals surface area contributed by atoms with Crippen LogP contribution in [0, 0.1) is 0 Å². The minimum absolute atomic E-state index is 0.124. The summed E-state index contributed by atoms with van der Waals surface area (Å²) in [5, 5.41) is 3.10. The Kier molecular flexibility index (Phi) is 7.02. The fourth-order valence-corrected chi connectivity index (χ4v) is 3.87. The Bertz CT molecular complexity index is 877. The summed E-state index contributed by atoms with van der Waals surface area (Å²) in [5.41, 5.74) is 1.96.